The highest BCUT2D eigenvalue weighted by molar-refractivity contribution is 5.95. The topological polar surface area (TPSA) is 50.2 Å². The summed E-state index contributed by atoms with van der Waals surface area (Å²) in [6, 6.07) is 8.88. The molecule has 0 atom stereocenters. The van der Waals surface area contributed by atoms with Crippen LogP contribution >= 0.6 is 0 Å². The van der Waals surface area contributed by atoms with Gasteiger partial charge in [-0.15, -0.1) is 0 Å². The highest BCUT2D eigenvalue weighted by atomic mass is 16.1. The Hall–Kier alpha value is -2.14. The Kier molecular flexibility index (Phi) is 6.09. The number of benzene rings is 1. The van der Waals surface area contributed by atoms with E-state index >= 15 is 0 Å². The molecule has 5 nitrogen and oxygen atoms in total. The molecule has 2 aromatic rings. The van der Waals surface area contributed by atoms with Gasteiger partial charge in [-0.1, -0.05) is 44.0 Å². The van der Waals surface area contributed by atoms with Crippen LogP contribution in [-0.2, 0) is 13.1 Å². The zero-order valence-electron chi connectivity index (χ0n) is 16.2. The van der Waals surface area contributed by atoms with Crippen molar-refractivity contribution in [1.29, 1.82) is 0 Å². The summed E-state index contributed by atoms with van der Waals surface area (Å²) in [5.74, 6) is -0.0390. The number of nitrogens with one attached hydrogen (secondary N) is 1. The van der Waals surface area contributed by atoms with Crippen molar-refractivity contribution < 1.29 is 4.79 Å². The first kappa shape index (κ1) is 18.6. The molecule has 0 radical (unpaired) electrons. The van der Waals surface area contributed by atoms with E-state index in [1.165, 1.54) is 31.2 Å². The van der Waals surface area contributed by atoms with E-state index in [1.807, 2.05) is 11.6 Å². The van der Waals surface area contributed by atoms with Crippen LogP contribution in [0.25, 0.3) is 0 Å². The van der Waals surface area contributed by atoms with Gasteiger partial charge in [-0.2, -0.15) is 5.10 Å². The second kappa shape index (κ2) is 8.49. The molecular formula is C21H30N4O. The van der Waals surface area contributed by atoms with Gasteiger partial charge in [0, 0.05) is 18.8 Å². The molecule has 0 aliphatic heterocycles. The average molecular weight is 354 g/mol. The maximum atomic E-state index is 12.6. The molecule has 0 spiro atoms. The normalized spacial score (nSPS) is 14.9. The Morgan fingerprint density at radius 3 is 2.77 bits per heavy atom. The summed E-state index contributed by atoms with van der Waals surface area (Å²) < 4.78 is 2.04. The lowest BCUT2D eigenvalue weighted by Crippen LogP contribution is -2.24. The Morgan fingerprint density at radius 1 is 1.31 bits per heavy atom. The zero-order chi connectivity index (χ0) is 18.5. The van der Waals surface area contributed by atoms with Gasteiger partial charge in [0.05, 0.1) is 17.8 Å². The van der Waals surface area contributed by atoms with Crippen LogP contribution in [0.2, 0.25) is 0 Å². The van der Waals surface area contributed by atoms with Crippen molar-refractivity contribution in [2.75, 3.05) is 13.6 Å². The second-order valence-corrected chi connectivity index (χ2v) is 7.36. The lowest BCUT2D eigenvalue weighted by molar-refractivity contribution is 0.0950. The molecule has 5 heteroatoms. The maximum Gasteiger partial charge on any atom is 0.255 e. The summed E-state index contributed by atoms with van der Waals surface area (Å²) in [4.78, 5) is 14.9. The summed E-state index contributed by atoms with van der Waals surface area (Å²) in [5, 5.41) is 7.53. The first-order valence-corrected chi connectivity index (χ1v) is 9.67. The molecule has 1 aromatic heterocycles. The minimum atomic E-state index is -0.0390. The van der Waals surface area contributed by atoms with E-state index < -0.39 is 0 Å². The van der Waals surface area contributed by atoms with Gasteiger partial charge in [0.25, 0.3) is 5.91 Å². The van der Waals surface area contributed by atoms with Crippen LogP contribution in [-0.4, -0.2) is 34.2 Å². The molecule has 26 heavy (non-hydrogen) atoms. The third kappa shape index (κ3) is 4.33. The number of hydrogen-bond acceptors (Lipinski definition) is 3. The monoisotopic (exact) mass is 354 g/mol. The van der Waals surface area contributed by atoms with Gasteiger partial charge in [-0.05, 0) is 44.5 Å². The van der Waals surface area contributed by atoms with E-state index in [2.05, 4.69) is 53.6 Å². The number of aromatic nitrogens is 2. The van der Waals surface area contributed by atoms with Crippen molar-refractivity contribution in [3.05, 3.63) is 52.8 Å². The molecule has 1 aromatic carbocycles. The fourth-order valence-corrected chi connectivity index (χ4v) is 3.70. The quantitative estimate of drug-likeness (QED) is 0.825. The molecule has 0 bridgehead atoms. The lowest BCUT2D eigenvalue weighted by atomic mass is 10.1. The summed E-state index contributed by atoms with van der Waals surface area (Å²) >= 11 is 0. The number of nitrogens with zero attached hydrogens (tertiary/aromatic N) is 3. The first-order valence-electron chi connectivity index (χ1n) is 9.67. The van der Waals surface area contributed by atoms with Gasteiger partial charge < -0.3 is 10.2 Å². The minimum Gasteiger partial charge on any atom is -0.348 e. The van der Waals surface area contributed by atoms with Crippen LogP contribution in [0.15, 0.2) is 30.5 Å². The highest BCUT2D eigenvalue weighted by Gasteiger charge is 2.22. The molecule has 1 aliphatic rings. The summed E-state index contributed by atoms with van der Waals surface area (Å²) in [6.45, 7) is 6.63. The lowest BCUT2D eigenvalue weighted by Gasteiger charge is -2.14. The Morgan fingerprint density at radius 2 is 2.04 bits per heavy atom. The standard InChI is InChI=1S/C21H30N4O/c1-4-24(3)15-18-9-7-8-17(12-18)13-22-21(26)20-14-23-25(16(20)2)19-10-5-6-11-19/h7-9,12,14,19H,4-6,10-11,13,15H2,1-3H3,(H,22,26). The SMILES string of the molecule is CCN(C)Cc1cccc(CNC(=O)c2cnn(C3CCCC3)c2C)c1. The Bertz CT molecular complexity index is 746. The smallest absolute Gasteiger partial charge is 0.255 e. The second-order valence-electron chi connectivity index (χ2n) is 7.36. The number of hydrogen-bond donors (Lipinski definition) is 1. The predicted octanol–water partition coefficient (Wildman–Crippen LogP) is 3.69. The van der Waals surface area contributed by atoms with Gasteiger partial charge in [-0.3, -0.25) is 9.48 Å². The molecule has 3 rings (SSSR count). The van der Waals surface area contributed by atoms with E-state index in [4.69, 9.17) is 0 Å². The van der Waals surface area contributed by atoms with E-state index in [-0.39, 0.29) is 5.91 Å². The van der Waals surface area contributed by atoms with Crippen molar-refractivity contribution in [2.45, 2.75) is 58.7 Å². The molecular weight excluding hydrogens is 324 g/mol. The summed E-state index contributed by atoms with van der Waals surface area (Å²) in [6.07, 6.45) is 6.57. The first-order chi connectivity index (χ1) is 12.6. The number of rotatable bonds is 7. The molecule has 1 N–H and O–H groups in total. The largest absolute Gasteiger partial charge is 0.348 e. The van der Waals surface area contributed by atoms with Crippen molar-refractivity contribution >= 4 is 5.91 Å². The van der Waals surface area contributed by atoms with Crippen molar-refractivity contribution in [3.63, 3.8) is 0 Å². The molecule has 1 fully saturated rings. The Labute approximate surface area is 156 Å². The van der Waals surface area contributed by atoms with Crippen LogP contribution in [0.1, 0.15) is 65.8 Å². The van der Waals surface area contributed by atoms with Crippen LogP contribution < -0.4 is 5.32 Å². The van der Waals surface area contributed by atoms with Crippen LogP contribution in [0.4, 0.5) is 0 Å². The van der Waals surface area contributed by atoms with Crippen LogP contribution in [0.5, 0.6) is 0 Å². The van der Waals surface area contributed by atoms with Gasteiger partial charge in [-0.25, -0.2) is 0 Å². The van der Waals surface area contributed by atoms with Gasteiger partial charge in [0.2, 0.25) is 0 Å². The highest BCUT2D eigenvalue weighted by Crippen LogP contribution is 2.30. The molecule has 0 saturated heterocycles. The van der Waals surface area contributed by atoms with Crippen molar-refractivity contribution in [2.24, 2.45) is 0 Å². The molecule has 1 saturated carbocycles. The zero-order valence-corrected chi connectivity index (χ0v) is 16.2. The third-order valence-electron chi connectivity index (χ3n) is 5.40. The number of carbonyl (C=O) groups is 1. The van der Waals surface area contributed by atoms with Crippen molar-refractivity contribution in [1.82, 2.24) is 20.0 Å². The number of amides is 1. The van der Waals surface area contributed by atoms with Gasteiger partial charge in [0.15, 0.2) is 0 Å². The molecule has 1 aliphatic carbocycles. The van der Waals surface area contributed by atoms with Gasteiger partial charge in [0.1, 0.15) is 0 Å². The molecule has 140 valence electrons. The molecule has 0 unspecified atom stereocenters. The molecule has 1 heterocycles. The van der Waals surface area contributed by atoms with E-state index in [1.54, 1.807) is 6.20 Å². The van der Waals surface area contributed by atoms with Gasteiger partial charge >= 0.3 is 0 Å². The maximum absolute atomic E-state index is 12.6. The molecule has 1 amide bonds. The Balaban J connectivity index is 1.61. The van der Waals surface area contributed by atoms with E-state index in [0.717, 1.165) is 24.3 Å². The average Bonchev–Trinajstić information content (AvgIpc) is 3.29. The third-order valence-corrected chi connectivity index (χ3v) is 5.40. The minimum absolute atomic E-state index is 0.0390. The van der Waals surface area contributed by atoms with Crippen LogP contribution in [0, 0.1) is 6.92 Å². The van der Waals surface area contributed by atoms with E-state index in [0.29, 0.717) is 18.2 Å². The van der Waals surface area contributed by atoms with Crippen LogP contribution in [0.3, 0.4) is 0 Å². The number of carbonyl (C=O) groups excluding carboxylic acids is 1. The summed E-state index contributed by atoms with van der Waals surface area (Å²) in [7, 11) is 2.11. The summed E-state index contributed by atoms with van der Waals surface area (Å²) in [5.41, 5.74) is 4.07. The van der Waals surface area contributed by atoms with E-state index in [9.17, 15) is 4.79 Å². The fourth-order valence-electron chi connectivity index (χ4n) is 3.70. The van der Waals surface area contributed by atoms with Crippen molar-refractivity contribution in [3.8, 4) is 0 Å². The fraction of sp³-hybridized carbons (Fsp3) is 0.524. The predicted molar refractivity (Wildman–Crippen MR) is 104 cm³/mol.